The Hall–Kier alpha value is -1.43. The molecule has 0 N–H and O–H groups in total. The van der Waals surface area contributed by atoms with Crippen molar-refractivity contribution in [2.24, 2.45) is 5.41 Å². The van der Waals surface area contributed by atoms with Crippen LogP contribution in [-0.4, -0.2) is 43.6 Å². The van der Waals surface area contributed by atoms with E-state index in [1.165, 1.54) is 6.92 Å². The van der Waals surface area contributed by atoms with E-state index in [0.29, 0.717) is 6.61 Å². The Balaban J connectivity index is 3.07. The molecule has 1 heterocycles. The number of Topliss-reactive ketones (excluding diaryl/α,β-unsaturated/α-hetero) is 1. The smallest absolute Gasteiger partial charge is 0.324 e. The van der Waals surface area contributed by atoms with Gasteiger partial charge in [0.2, 0.25) is 0 Å². The van der Waals surface area contributed by atoms with E-state index in [9.17, 15) is 14.4 Å². The summed E-state index contributed by atoms with van der Waals surface area (Å²) < 4.78 is 15.8. The van der Waals surface area contributed by atoms with Crippen LogP contribution in [0.15, 0.2) is 0 Å². The number of esters is 2. The van der Waals surface area contributed by atoms with Gasteiger partial charge in [-0.05, 0) is 40.0 Å². The normalized spacial score (nSPS) is 18.6. The average molecular weight is 314 g/mol. The Morgan fingerprint density at radius 1 is 1.09 bits per heavy atom. The standard InChI is InChI=1S/C16H26O6/c1-4-20-14(18)16(10-12(3)17,15(19)21-5-2)11-13-8-6-7-9-22-13/h13H,4-11H2,1-3H3. The molecule has 22 heavy (non-hydrogen) atoms. The molecule has 1 rings (SSSR count). The summed E-state index contributed by atoms with van der Waals surface area (Å²) in [6.45, 7) is 5.58. The molecule has 6 heteroatoms. The van der Waals surface area contributed by atoms with Crippen molar-refractivity contribution >= 4 is 17.7 Å². The van der Waals surface area contributed by atoms with E-state index < -0.39 is 17.4 Å². The second-order valence-electron chi connectivity index (χ2n) is 5.59. The number of hydrogen-bond acceptors (Lipinski definition) is 6. The molecule has 0 aliphatic carbocycles. The SMILES string of the molecule is CCOC(=O)C(CC(C)=O)(CC1CCCCO1)C(=O)OCC. The van der Waals surface area contributed by atoms with E-state index in [-0.39, 0.29) is 37.9 Å². The molecular weight excluding hydrogens is 288 g/mol. The lowest BCUT2D eigenvalue weighted by atomic mass is 9.76. The van der Waals surface area contributed by atoms with E-state index >= 15 is 0 Å². The minimum Gasteiger partial charge on any atom is -0.465 e. The minimum atomic E-state index is -1.60. The summed E-state index contributed by atoms with van der Waals surface area (Å²) in [4.78, 5) is 36.6. The fraction of sp³-hybridized carbons (Fsp3) is 0.812. The minimum absolute atomic E-state index is 0.129. The molecule has 0 aromatic heterocycles. The fourth-order valence-corrected chi connectivity index (χ4v) is 2.79. The van der Waals surface area contributed by atoms with Crippen LogP contribution in [0.1, 0.15) is 52.9 Å². The van der Waals surface area contributed by atoms with Crippen LogP contribution in [0.25, 0.3) is 0 Å². The molecular formula is C16H26O6. The maximum absolute atomic E-state index is 12.5. The summed E-state index contributed by atoms with van der Waals surface area (Å²) in [7, 11) is 0. The molecule has 0 radical (unpaired) electrons. The highest BCUT2D eigenvalue weighted by Gasteiger charge is 2.51. The van der Waals surface area contributed by atoms with Crippen molar-refractivity contribution < 1.29 is 28.6 Å². The third-order valence-electron chi connectivity index (χ3n) is 3.73. The second kappa shape index (κ2) is 8.88. The predicted molar refractivity (Wildman–Crippen MR) is 79.2 cm³/mol. The highest BCUT2D eigenvalue weighted by molar-refractivity contribution is 6.03. The van der Waals surface area contributed by atoms with Crippen LogP contribution in [0.2, 0.25) is 0 Å². The first-order valence-corrected chi connectivity index (χ1v) is 7.91. The Morgan fingerprint density at radius 2 is 1.68 bits per heavy atom. The molecule has 1 saturated heterocycles. The van der Waals surface area contributed by atoms with Crippen LogP contribution < -0.4 is 0 Å². The zero-order valence-corrected chi connectivity index (χ0v) is 13.7. The molecule has 6 nitrogen and oxygen atoms in total. The monoisotopic (exact) mass is 314 g/mol. The van der Waals surface area contributed by atoms with E-state index in [1.807, 2.05) is 0 Å². The summed E-state index contributed by atoms with van der Waals surface area (Å²) in [6, 6.07) is 0. The predicted octanol–water partition coefficient (Wildman–Crippen LogP) is 2.04. The maximum atomic E-state index is 12.5. The van der Waals surface area contributed by atoms with Gasteiger partial charge in [-0.25, -0.2) is 0 Å². The molecule has 1 fully saturated rings. The second-order valence-corrected chi connectivity index (χ2v) is 5.59. The molecule has 1 atom stereocenters. The quantitative estimate of drug-likeness (QED) is 0.504. The molecule has 1 aliphatic rings. The van der Waals surface area contributed by atoms with Gasteiger partial charge >= 0.3 is 11.9 Å². The molecule has 1 unspecified atom stereocenters. The Kier molecular flexibility index (Phi) is 7.51. The molecule has 0 aromatic rings. The molecule has 0 spiro atoms. The van der Waals surface area contributed by atoms with Gasteiger partial charge in [0.1, 0.15) is 5.78 Å². The third kappa shape index (κ3) is 4.80. The molecule has 126 valence electrons. The average Bonchev–Trinajstić information content (AvgIpc) is 2.47. The van der Waals surface area contributed by atoms with Crippen LogP contribution in [0, 0.1) is 5.41 Å². The summed E-state index contributed by atoms with van der Waals surface area (Å²) in [5, 5.41) is 0. The third-order valence-corrected chi connectivity index (χ3v) is 3.73. The van der Waals surface area contributed by atoms with Crippen LogP contribution in [0.3, 0.4) is 0 Å². The molecule has 1 aliphatic heterocycles. The first-order valence-electron chi connectivity index (χ1n) is 7.91. The van der Waals surface area contributed by atoms with Crippen molar-refractivity contribution in [2.45, 2.75) is 59.0 Å². The summed E-state index contributed by atoms with van der Waals surface area (Å²) in [5.41, 5.74) is -1.60. The Bertz CT molecular complexity index is 379. The lowest BCUT2D eigenvalue weighted by Crippen LogP contribution is -2.46. The van der Waals surface area contributed by atoms with Crippen LogP contribution in [0.5, 0.6) is 0 Å². The maximum Gasteiger partial charge on any atom is 0.324 e. The van der Waals surface area contributed by atoms with Gasteiger partial charge in [0.25, 0.3) is 0 Å². The zero-order valence-electron chi connectivity index (χ0n) is 13.7. The van der Waals surface area contributed by atoms with Crippen molar-refractivity contribution in [3.8, 4) is 0 Å². The molecule has 0 bridgehead atoms. The zero-order chi connectivity index (χ0) is 16.6. The number of hydrogen-bond donors (Lipinski definition) is 0. The largest absolute Gasteiger partial charge is 0.465 e. The van der Waals surface area contributed by atoms with Gasteiger partial charge in [0.05, 0.1) is 19.3 Å². The van der Waals surface area contributed by atoms with E-state index in [4.69, 9.17) is 14.2 Å². The van der Waals surface area contributed by atoms with Gasteiger partial charge in [-0.2, -0.15) is 0 Å². The topological polar surface area (TPSA) is 78.9 Å². The molecule has 0 amide bonds. The Morgan fingerprint density at radius 3 is 2.09 bits per heavy atom. The summed E-state index contributed by atoms with van der Waals surface area (Å²) in [5.74, 6) is -1.65. The van der Waals surface area contributed by atoms with Gasteiger partial charge in [-0.3, -0.25) is 14.4 Å². The van der Waals surface area contributed by atoms with E-state index in [1.54, 1.807) is 13.8 Å². The van der Waals surface area contributed by atoms with Gasteiger partial charge in [-0.15, -0.1) is 0 Å². The van der Waals surface area contributed by atoms with Crippen molar-refractivity contribution in [3.63, 3.8) is 0 Å². The van der Waals surface area contributed by atoms with E-state index in [2.05, 4.69) is 0 Å². The lowest BCUT2D eigenvalue weighted by molar-refractivity contribution is -0.177. The number of ether oxygens (including phenoxy) is 3. The van der Waals surface area contributed by atoms with Crippen molar-refractivity contribution in [3.05, 3.63) is 0 Å². The van der Waals surface area contributed by atoms with Gasteiger partial charge in [0, 0.05) is 19.4 Å². The van der Waals surface area contributed by atoms with Crippen molar-refractivity contribution in [1.29, 1.82) is 0 Å². The summed E-state index contributed by atoms with van der Waals surface area (Å²) in [6.07, 6.45) is 2.39. The van der Waals surface area contributed by atoms with Crippen LogP contribution >= 0.6 is 0 Å². The first kappa shape index (κ1) is 18.6. The highest BCUT2D eigenvalue weighted by Crippen LogP contribution is 2.35. The van der Waals surface area contributed by atoms with Crippen molar-refractivity contribution in [1.82, 2.24) is 0 Å². The lowest BCUT2D eigenvalue weighted by Gasteiger charge is -2.33. The number of carbonyl (C=O) groups is 3. The molecule has 0 aromatic carbocycles. The van der Waals surface area contributed by atoms with Gasteiger partial charge in [0.15, 0.2) is 5.41 Å². The van der Waals surface area contributed by atoms with Crippen LogP contribution in [0.4, 0.5) is 0 Å². The highest BCUT2D eigenvalue weighted by atomic mass is 16.6. The first-order chi connectivity index (χ1) is 10.5. The van der Waals surface area contributed by atoms with Gasteiger partial charge < -0.3 is 14.2 Å². The molecule has 0 saturated carbocycles. The van der Waals surface area contributed by atoms with Crippen LogP contribution in [-0.2, 0) is 28.6 Å². The number of ketones is 1. The van der Waals surface area contributed by atoms with E-state index in [0.717, 1.165) is 19.3 Å². The fourth-order valence-electron chi connectivity index (χ4n) is 2.79. The number of rotatable bonds is 8. The Labute approximate surface area is 131 Å². The van der Waals surface area contributed by atoms with Crippen molar-refractivity contribution in [2.75, 3.05) is 19.8 Å². The number of carbonyl (C=O) groups excluding carboxylic acids is 3. The van der Waals surface area contributed by atoms with Gasteiger partial charge in [-0.1, -0.05) is 0 Å². The summed E-state index contributed by atoms with van der Waals surface area (Å²) >= 11 is 0.